The monoisotopic (exact) mass is 825 g/mol. The fraction of sp³-hybridized carbons (Fsp3) is 0.763. The van der Waals surface area contributed by atoms with Gasteiger partial charge >= 0.3 is 5.97 Å². The van der Waals surface area contributed by atoms with Gasteiger partial charge in [0.25, 0.3) is 0 Å². The van der Waals surface area contributed by atoms with Crippen LogP contribution in [0.15, 0.2) is 0 Å². The Kier molecular flexibility index (Phi) is 20.2. The van der Waals surface area contributed by atoms with Gasteiger partial charge < -0.3 is 58.1 Å². The van der Waals surface area contributed by atoms with E-state index in [1.54, 1.807) is 55.4 Å². The number of likely N-dealkylation sites (tertiary alicyclic amines) is 1. The van der Waals surface area contributed by atoms with E-state index >= 15 is 0 Å². The van der Waals surface area contributed by atoms with Crippen molar-refractivity contribution in [2.24, 2.45) is 29.4 Å². The van der Waals surface area contributed by atoms with Crippen molar-refractivity contribution in [3.05, 3.63) is 0 Å². The van der Waals surface area contributed by atoms with Gasteiger partial charge in [-0.2, -0.15) is 0 Å². The molecule has 0 unspecified atom stereocenters. The molecule has 0 spiro atoms. The van der Waals surface area contributed by atoms with Gasteiger partial charge in [0.1, 0.15) is 54.4 Å². The lowest BCUT2D eigenvalue weighted by atomic mass is 9.97. The minimum absolute atomic E-state index is 0.229. The van der Waals surface area contributed by atoms with E-state index in [0.29, 0.717) is 12.8 Å². The van der Waals surface area contributed by atoms with Crippen LogP contribution in [0.4, 0.5) is 0 Å². The number of nitrogens with two attached hydrogens (primary N) is 1. The lowest BCUT2D eigenvalue weighted by Gasteiger charge is -2.31. The van der Waals surface area contributed by atoms with E-state index in [4.69, 9.17) is 5.73 Å². The number of nitrogens with zero attached hydrogens (tertiary/aromatic N) is 1. The molecule has 1 aliphatic heterocycles. The molecule has 0 saturated carbocycles. The number of amides is 8. The van der Waals surface area contributed by atoms with E-state index in [2.05, 4.69) is 37.2 Å². The Labute approximate surface area is 340 Å². The first kappa shape index (κ1) is 51.2. The molecule has 11 N–H and O–H groups in total. The summed E-state index contributed by atoms with van der Waals surface area (Å²) in [5.74, 6) is -8.44. The number of aliphatic hydroxyl groups is 1. The molecular weight excluding hydrogens is 758 g/mol. The number of hydrogen-bond acceptors (Lipinski definition) is 11. The van der Waals surface area contributed by atoms with Crippen LogP contribution in [-0.4, -0.2) is 135 Å². The molecular formula is C38H67N9O11. The van der Waals surface area contributed by atoms with Gasteiger partial charge in [-0.15, -0.1) is 0 Å². The molecule has 0 radical (unpaired) electrons. The van der Waals surface area contributed by atoms with Crippen LogP contribution in [0.3, 0.4) is 0 Å². The van der Waals surface area contributed by atoms with E-state index in [1.807, 2.05) is 0 Å². The summed E-state index contributed by atoms with van der Waals surface area (Å²) in [7, 11) is 0. The molecule has 1 heterocycles. The molecule has 1 aliphatic rings. The minimum Gasteiger partial charge on any atom is -0.480 e. The van der Waals surface area contributed by atoms with Crippen molar-refractivity contribution in [2.75, 3.05) is 6.54 Å². The number of carbonyl (C=O) groups excluding carboxylic acids is 8. The van der Waals surface area contributed by atoms with Crippen LogP contribution >= 0.6 is 0 Å². The normalized spacial score (nSPS) is 18.8. The zero-order chi connectivity index (χ0) is 44.9. The number of aliphatic carboxylic acids is 1. The van der Waals surface area contributed by atoms with Crippen LogP contribution in [0.5, 0.6) is 0 Å². The molecule has 8 amide bonds. The Hall–Kier alpha value is -4.85. The van der Waals surface area contributed by atoms with Gasteiger partial charge in [-0.05, 0) is 64.2 Å². The SMILES string of the molecule is CC(C)[C@H](NC(=O)[C@H](C)NC(=O)[C@H](C)NC(=O)[C@@H]1CCCN1C(=O)[C@@H](NC(=O)[C@@H](N)[C@@H](C)O)C(C)C)C(=O)N[C@H](C(=O)N[C@H](C(=O)N[C@@H](C)C(=O)O)C(C)C)C(C)C. The number of hydrogen-bond donors (Lipinski definition) is 10. The van der Waals surface area contributed by atoms with Gasteiger partial charge in [-0.25, -0.2) is 0 Å². The summed E-state index contributed by atoms with van der Waals surface area (Å²) in [6, 6.07) is -10.2. The molecule has 0 aromatic rings. The number of nitrogens with one attached hydrogen (secondary N) is 7. The highest BCUT2D eigenvalue weighted by Gasteiger charge is 2.40. The lowest BCUT2D eigenvalue weighted by Crippen LogP contribution is -2.61. The number of carboxylic acids is 1. The number of carbonyl (C=O) groups is 9. The number of rotatable bonds is 21. The largest absolute Gasteiger partial charge is 0.480 e. The first-order valence-electron chi connectivity index (χ1n) is 19.8. The van der Waals surface area contributed by atoms with Crippen molar-refractivity contribution in [1.82, 2.24) is 42.1 Å². The lowest BCUT2D eigenvalue weighted by molar-refractivity contribution is -0.143. The summed E-state index contributed by atoms with van der Waals surface area (Å²) in [6.07, 6.45) is -0.363. The highest BCUT2D eigenvalue weighted by Crippen LogP contribution is 2.21. The van der Waals surface area contributed by atoms with Crippen molar-refractivity contribution in [3.63, 3.8) is 0 Å². The minimum atomic E-state index is -1.26. The molecule has 58 heavy (non-hydrogen) atoms. The zero-order valence-electron chi connectivity index (χ0n) is 35.8. The van der Waals surface area contributed by atoms with Crippen molar-refractivity contribution in [2.45, 2.75) is 156 Å². The average molecular weight is 826 g/mol. The third-order valence-electron chi connectivity index (χ3n) is 9.87. The van der Waals surface area contributed by atoms with Crippen LogP contribution in [-0.2, 0) is 43.2 Å². The Morgan fingerprint density at radius 1 is 0.517 bits per heavy atom. The van der Waals surface area contributed by atoms with Gasteiger partial charge in [0.2, 0.25) is 47.3 Å². The van der Waals surface area contributed by atoms with Gasteiger partial charge in [0, 0.05) is 6.54 Å². The highest BCUT2D eigenvalue weighted by molar-refractivity contribution is 5.98. The summed E-state index contributed by atoms with van der Waals surface area (Å²) in [5.41, 5.74) is 5.74. The van der Waals surface area contributed by atoms with Crippen LogP contribution in [0, 0.1) is 23.7 Å². The molecule has 330 valence electrons. The standard InChI is InChI=1S/C38H67N9O11/c1-16(2)26(34(53)42-22(11)38(57)58)44-36(55)28(18(5)6)45-35(54)27(17(3)4)43-31(50)21(10)40-30(49)20(9)41-32(51)24-14-13-15-47(24)37(56)29(19(7)8)46-33(52)25(39)23(12)48/h16-29,48H,13-15,39H2,1-12H3,(H,40,49)(H,41,51)(H,42,53)(H,43,50)(H,44,55)(H,45,54)(H,46,52)(H,57,58)/t20-,21-,22-,23+,24-,25-,26-,27-,28-,29-/m0/s1. The fourth-order valence-electron chi connectivity index (χ4n) is 5.98. The van der Waals surface area contributed by atoms with Gasteiger partial charge in [0.05, 0.1) is 6.10 Å². The van der Waals surface area contributed by atoms with E-state index in [9.17, 15) is 53.4 Å². The van der Waals surface area contributed by atoms with Crippen LogP contribution in [0.25, 0.3) is 0 Å². The van der Waals surface area contributed by atoms with E-state index in [-0.39, 0.29) is 12.5 Å². The Balaban J connectivity index is 2.96. The maximum atomic E-state index is 13.5. The molecule has 0 bridgehead atoms. The third-order valence-corrected chi connectivity index (χ3v) is 9.87. The van der Waals surface area contributed by atoms with Crippen molar-refractivity contribution in [3.8, 4) is 0 Å². The summed E-state index contributed by atoms with van der Waals surface area (Å²) in [6.45, 7) is 19.1. The van der Waals surface area contributed by atoms with Crippen LogP contribution < -0.4 is 43.0 Å². The Morgan fingerprint density at radius 2 is 0.879 bits per heavy atom. The predicted octanol–water partition coefficient (Wildman–Crippen LogP) is -2.15. The second-order valence-corrected chi connectivity index (χ2v) is 16.4. The van der Waals surface area contributed by atoms with Gasteiger partial charge in [0.15, 0.2) is 0 Å². The summed E-state index contributed by atoms with van der Waals surface area (Å²) in [5, 5.41) is 36.7. The molecule has 1 saturated heterocycles. The topological polar surface area (TPSA) is 308 Å². The molecule has 1 rings (SSSR count). The smallest absolute Gasteiger partial charge is 0.325 e. The van der Waals surface area contributed by atoms with E-state index in [0.717, 1.165) is 0 Å². The second kappa shape index (κ2) is 22.9. The third kappa shape index (κ3) is 14.8. The number of aliphatic hydroxyl groups excluding tert-OH is 1. The summed E-state index contributed by atoms with van der Waals surface area (Å²) < 4.78 is 0. The Morgan fingerprint density at radius 3 is 1.29 bits per heavy atom. The zero-order valence-corrected chi connectivity index (χ0v) is 35.8. The fourth-order valence-corrected chi connectivity index (χ4v) is 5.98. The van der Waals surface area contributed by atoms with Crippen molar-refractivity contribution < 1.29 is 53.4 Å². The first-order chi connectivity index (χ1) is 26.7. The molecule has 20 heteroatoms. The maximum Gasteiger partial charge on any atom is 0.325 e. The molecule has 0 aliphatic carbocycles. The molecule has 0 aromatic heterocycles. The quantitative estimate of drug-likeness (QED) is 0.0593. The number of carboxylic acid groups (broad SMARTS) is 1. The van der Waals surface area contributed by atoms with Crippen molar-refractivity contribution in [1.29, 1.82) is 0 Å². The summed E-state index contributed by atoms with van der Waals surface area (Å²) in [4.78, 5) is 118. The maximum absolute atomic E-state index is 13.5. The Bertz CT molecular complexity index is 1500. The molecule has 0 aromatic carbocycles. The molecule has 20 nitrogen and oxygen atoms in total. The second-order valence-electron chi connectivity index (χ2n) is 16.4. The van der Waals surface area contributed by atoms with Gasteiger partial charge in [-0.3, -0.25) is 43.2 Å². The first-order valence-corrected chi connectivity index (χ1v) is 19.8. The molecule has 1 fully saturated rings. The van der Waals surface area contributed by atoms with E-state index in [1.165, 1.54) is 32.6 Å². The van der Waals surface area contributed by atoms with Crippen molar-refractivity contribution >= 4 is 53.2 Å². The average Bonchev–Trinajstić information content (AvgIpc) is 3.62. The van der Waals surface area contributed by atoms with E-state index < -0.39 is 131 Å². The highest BCUT2D eigenvalue weighted by atomic mass is 16.4. The van der Waals surface area contributed by atoms with Gasteiger partial charge in [-0.1, -0.05) is 55.4 Å². The van der Waals surface area contributed by atoms with Crippen LogP contribution in [0.1, 0.15) is 95.9 Å². The predicted molar refractivity (Wildman–Crippen MR) is 212 cm³/mol. The van der Waals surface area contributed by atoms with Crippen LogP contribution in [0.2, 0.25) is 0 Å². The molecule has 10 atom stereocenters. The summed E-state index contributed by atoms with van der Waals surface area (Å²) >= 11 is 0.